The number of benzene rings is 1. The Balaban J connectivity index is 1.57. The van der Waals surface area contributed by atoms with Crippen molar-refractivity contribution in [1.82, 2.24) is 10.2 Å². The number of nitrogens with one attached hydrogen (secondary N) is 1. The van der Waals surface area contributed by atoms with Crippen molar-refractivity contribution in [3.8, 4) is 5.75 Å². The second-order valence-electron chi connectivity index (χ2n) is 6.01. The summed E-state index contributed by atoms with van der Waals surface area (Å²) in [6.45, 7) is 6.99. The van der Waals surface area contributed by atoms with Crippen LogP contribution in [0.5, 0.6) is 5.75 Å². The van der Waals surface area contributed by atoms with Crippen molar-refractivity contribution in [2.45, 2.75) is 6.92 Å². The number of anilines is 1. The van der Waals surface area contributed by atoms with Crippen molar-refractivity contribution >= 4 is 11.6 Å². The Morgan fingerprint density at radius 3 is 2.48 bits per heavy atom. The lowest BCUT2D eigenvalue weighted by atomic mass is 9.88. The molecule has 5 nitrogen and oxygen atoms in total. The SMILES string of the molecule is CC(C(=O)N1CCN(c2ccccc2O)CC1)C1CNC1. The lowest BCUT2D eigenvalue weighted by Crippen LogP contribution is -2.54. The maximum Gasteiger partial charge on any atom is 0.225 e. The second kappa shape index (κ2) is 5.93. The molecule has 1 atom stereocenters. The summed E-state index contributed by atoms with van der Waals surface area (Å²) in [7, 11) is 0. The average Bonchev–Trinajstić information content (AvgIpc) is 2.45. The Hall–Kier alpha value is -1.75. The highest BCUT2D eigenvalue weighted by Gasteiger charge is 2.33. The molecule has 3 rings (SSSR count). The summed E-state index contributed by atoms with van der Waals surface area (Å²) in [6, 6.07) is 7.39. The van der Waals surface area contributed by atoms with Gasteiger partial charge in [-0.05, 0) is 31.1 Å². The van der Waals surface area contributed by atoms with E-state index in [4.69, 9.17) is 0 Å². The highest BCUT2D eigenvalue weighted by Crippen LogP contribution is 2.27. The zero-order valence-corrected chi connectivity index (χ0v) is 12.5. The zero-order chi connectivity index (χ0) is 14.8. The smallest absolute Gasteiger partial charge is 0.225 e. The van der Waals surface area contributed by atoms with E-state index >= 15 is 0 Å². The number of amides is 1. The molecule has 0 aliphatic carbocycles. The molecule has 0 saturated carbocycles. The fourth-order valence-electron chi connectivity index (χ4n) is 3.05. The van der Waals surface area contributed by atoms with Crippen LogP contribution in [0.1, 0.15) is 6.92 Å². The molecule has 0 radical (unpaired) electrons. The highest BCUT2D eigenvalue weighted by atomic mass is 16.3. The molecule has 0 spiro atoms. The van der Waals surface area contributed by atoms with E-state index < -0.39 is 0 Å². The molecule has 21 heavy (non-hydrogen) atoms. The minimum absolute atomic E-state index is 0.114. The first-order valence-electron chi connectivity index (χ1n) is 7.69. The van der Waals surface area contributed by atoms with E-state index in [0.29, 0.717) is 11.7 Å². The number of para-hydroxylation sites is 2. The maximum atomic E-state index is 12.5. The Morgan fingerprint density at radius 2 is 1.90 bits per heavy atom. The molecule has 0 aromatic heterocycles. The third-order valence-electron chi connectivity index (χ3n) is 4.72. The van der Waals surface area contributed by atoms with E-state index in [9.17, 15) is 9.90 Å². The Morgan fingerprint density at radius 1 is 1.24 bits per heavy atom. The summed E-state index contributed by atoms with van der Waals surface area (Å²) in [6.07, 6.45) is 0. The first-order chi connectivity index (χ1) is 10.2. The molecule has 2 aliphatic rings. The van der Waals surface area contributed by atoms with Crippen LogP contribution in [-0.4, -0.2) is 55.2 Å². The van der Waals surface area contributed by atoms with Crippen LogP contribution in [-0.2, 0) is 4.79 Å². The van der Waals surface area contributed by atoms with Crippen molar-refractivity contribution in [2.24, 2.45) is 11.8 Å². The van der Waals surface area contributed by atoms with Gasteiger partial charge in [-0.1, -0.05) is 19.1 Å². The van der Waals surface area contributed by atoms with Crippen LogP contribution in [0.3, 0.4) is 0 Å². The lowest BCUT2D eigenvalue weighted by Gasteiger charge is -2.40. The second-order valence-corrected chi connectivity index (χ2v) is 6.01. The quantitative estimate of drug-likeness (QED) is 0.868. The molecular formula is C16H23N3O2. The molecule has 2 saturated heterocycles. The highest BCUT2D eigenvalue weighted by molar-refractivity contribution is 5.79. The molecule has 2 aliphatic heterocycles. The van der Waals surface area contributed by atoms with Gasteiger partial charge in [0.15, 0.2) is 0 Å². The Labute approximate surface area is 125 Å². The van der Waals surface area contributed by atoms with Crippen LogP contribution >= 0.6 is 0 Å². The van der Waals surface area contributed by atoms with Gasteiger partial charge in [-0.3, -0.25) is 4.79 Å². The number of piperazine rings is 1. The molecule has 1 aromatic carbocycles. The molecule has 1 aromatic rings. The fraction of sp³-hybridized carbons (Fsp3) is 0.562. The van der Waals surface area contributed by atoms with Crippen LogP contribution in [0.15, 0.2) is 24.3 Å². The predicted octanol–water partition coefficient (Wildman–Crippen LogP) is 0.896. The van der Waals surface area contributed by atoms with Gasteiger partial charge in [-0.15, -0.1) is 0 Å². The minimum atomic E-state index is 0.114. The number of carbonyl (C=O) groups excluding carboxylic acids is 1. The number of carbonyl (C=O) groups is 1. The maximum absolute atomic E-state index is 12.5. The first-order valence-corrected chi connectivity index (χ1v) is 7.69. The third kappa shape index (κ3) is 2.83. The molecule has 0 bridgehead atoms. The average molecular weight is 289 g/mol. The van der Waals surface area contributed by atoms with Gasteiger partial charge < -0.3 is 20.2 Å². The molecule has 5 heteroatoms. The van der Waals surface area contributed by atoms with Gasteiger partial charge in [-0.25, -0.2) is 0 Å². The normalized spacial score (nSPS) is 21.0. The number of phenols is 1. The number of rotatable bonds is 3. The topological polar surface area (TPSA) is 55.8 Å². The van der Waals surface area contributed by atoms with Crippen LogP contribution < -0.4 is 10.2 Å². The van der Waals surface area contributed by atoms with Crippen molar-refractivity contribution in [2.75, 3.05) is 44.2 Å². The van der Waals surface area contributed by atoms with Gasteiger partial charge in [0.05, 0.1) is 5.69 Å². The summed E-state index contributed by atoms with van der Waals surface area (Å²) in [5.41, 5.74) is 0.862. The summed E-state index contributed by atoms with van der Waals surface area (Å²) in [4.78, 5) is 16.6. The van der Waals surface area contributed by atoms with Crippen molar-refractivity contribution in [1.29, 1.82) is 0 Å². The molecular weight excluding hydrogens is 266 g/mol. The van der Waals surface area contributed by atoms with E-state index in [1.807, 2.05) is 30.0 Å². The first kappa shape index (κ1) is 14.2. The van der Waals surface area contributed by atoms with Gasteiger partial charge in [-0.2, -0.15) is 0 Å². The Kier molecular flexibility index (Phi) is 4.01. The van der Waals surface area contributed by atoms with Crippen LogP contribution in [0.25, 0.3) is 0 Å². The summed E-state index contributed by atoms with van der Waals surface area (Å²) < 4.78 is 0. The van der Waals surface area contributed by atoms with Crippen LogP contribution in [0.4, 0.5) is 5.69 Å². The van der Waals surface area contributed by atoms with Crippen molar-refractivity contribution < 1.29 is 9.90 Å². The fourth-order valence-corrected chi connectivity index (χ4v) is 3.05. The van der Waals surface area contributed by atoms with E-state index in [1.165, 1.54) is 0 Å². The van der Waals surface area contributed by atoms with E-state index in [-0.39, 0.29) is 11.8 Å². The standard InChI is InChI=1S/C16H23N3O2/c1-12(13-10-17-11-13)16(21)19-8-6-18(7-9-19)14-4-2-3-5-15(14)20/h2-5,12-13,17,20H,6-11H2,1H3. The van der Waals surface area contributed by atoms with Gasteiger partial charge in [0.2, 0.25) is 5.91 Å². The van der Waals surface area contributed by atoms with E-state index in [2.05, 4.69) is 10.2 Å². The lowest BCUT2D eigenvalue weighted by molar-refractivity contribution is -0.137. The zero-order valence-electron chi connectivity index (χ0n) is 12.5. The van der Waals surface area contributed by atoms with E-state index in [1.54, 1.807) is 6.07 Å². The predicted molar refractivity (Wildman–Crippen MR) is 82.4 cm³/mol. The van der Waals surface area contributed by atoms with Crippen LogP contribution in [0.2, 0.25) is 0 Å². The molecule has 1 amide bonds. The van der Waals surface area contributed by atoms with Crippen molar-refractivity contribution in [3.05, 3.63) is 24.3 Å². The molecule has 2 fully saturated rings. The minimum Gasteiger partial charge on any atom is -0.506 e. The molecule has 2 heterocycles. The largest absolute Gasteiger partial charge is 0.506 e. The number of hydrogen-bond donors (Lipinski definition) is 2. The molecule has 2 N–H and O–H groups in total. The number of hydrogen-bond acceptors (Lipinski definition) is 4. The summed E-state index contributed by atoms with van der Waals surface area (Å²) >= 11 is 0. The van der Waals surface area contributed by atoms with Crippen molar-refractivity contribution in [3.63, 3.8) is 0 Å². The Bertz CT molecular complexity index is 508. The molecule has 1 unspecified atom stereocenters. The van der Waals surface area contributed by atoms with Gasteiger partial charge in [0.1, 0.15) is 5.75 Å². The summed E-state index contributed by atoms with van der Waals surface area (Å²) in [5, 5.41) is 13.1. The van der Waals surface area contributed by atoms with Gasteiger partial charge >= 0.3 is 0 Å². The summed E-state index contributed by atoms with van der Waals surface area (Å²) in [5.74, 6) is 1.20. The number of phenolic OH excluding ortho intramolecular Hbond substituents is 1. The number of aromatic hydroxyl groups is 1. The van der Waals surface area contributed by atoms with Crippen LogP contribution in [0, 0.1) is 11.8 Å². The van der Waals surface area contributed by atoms with E-state index in [0.717, 1.165) is 45.0 Å². The van der Waals surface area contributed by atoms with Gasteiger partial charge in [0, 0.05) is 32.1 Å². The number of nitrogens with zero attached hydrogens (tertiary/aromatic N) is 2. The van der Waals surface area contributed by atoms with Gasteiger partial charge in [0.25, 0.3) is 0 Å². The molecule has 114 valence electrons. The third-order valence-corrected chi connectivity index (χ3v) is 4.72. The monoisotopic (exact) mass is 289 g/mol.